The van der Waals surface area contributed by atoms with Crippen molar-refractivity contribution in [3.63, 3.8) is 0 Å². The molecule has 0 radical (unpaired) electrons. The average molecular weight is 421 g/mol. The Labute approximate surface area is 178 Å². The molecule has 0 unspecified atom stereocenters. The van der Waals surface area contributed by atoms with Gasteiger partial charge < -0.3 is 9.47 Å². The molecule has 0 aliphatic heterocycles. The number of nitrogens with one attached hydrogen (secondary N) is 1. The van der Waals surface area contributed by atoms with E-state index in [1.165, 1.54) is 36.7 Å². The minimum Gasteiger partial charge on any atom is -0.490 e. The third-order valence-electron chi connectivity index (χ3n) is 4.10. The van der Waals surface area contributed by atoms with Gasteiger partial charge in [-0.1, -0.05) is 0 Å². The fourth-order valence-electron chi connectivity index (χ4n) is 2.53. The standard InChI is InChI=1S/C23H20FN3O4/c1-3-30-21-12-16(13-26-27-22(28)18-6-4-15(2)25-14-18)5-11-20(21)31-23(29)17-7-9-19(24)10-8-17/h4-14H,3H2,1-2H3,(H,27,28). The highest BCUT2D eigenvalue weighted by Crippen LogP contribution is 2.29. The van der Waals surface area contributed by atoms with Crippen LogP contribution in [0, 0.1) is 12.7 Å². The van der Waals surface area contributed by atoms with Gasteiger partial charge in [-0.05, 0) is 74.0 Å². The van der Waals surface area contributed by atoms with Crippen molar-refractivity contribution < 1.29 is 23.5 Å². The van der Waals surface area contributed by atoms with Crippen LogP contribution in [0.2, 0.25) is 0 Å². The van der Waals surface area contributed by atoms with Gasteiger partial charge in [-0.15, -0.1) is 0 Å². The van der Waals surface area contributed by atoms with Crippen LogP contribution in [0.5, 0.6) is 11.5 Å². The van der Waals surface area contributed by atoms with E-state index in [1.807, 2.05) is 6.92 Å². The number of rotatable bonds is 7. The van der Waals surface area contributed by atoms with E-state index >= 15 is 0 Å². The number of amides is 1. The molecule has 158 valence electrons. The SMILES string of the molecule is CCOc1cc(C=NNC(=O)c2ccc(C)nc2)ccc1OC(=O)c1ccc(F)cc1. The Hall–Kier alpha value is -4.07. The Kier molecular flexibility index (Phi) is 7.05. The molecule has 1 N–H and O–H groups in total. The van der Waals surface area contributed by atoms with E-state index in [2.05, 4.69) is 15.5 Å². The Balaban J connectivity index is 1.69. The number of hydrogen-bond donors (Lipinski definition) is 1. The van der Waals surface area contributed by atoms with Crippen LogP contribution in [0.4, 0.5) is 4.39 Å². The Morgan fingerprint density at radius 2 is 1.81 bits per heavy atom. The van der Waals surface area contributed by atoms with E-state index in [9.17, 15) is 14.0 Å². The largest absolute Gasteiger partial charge is 0.490 e. The minimum absolute atomic E-state index is 0.211. The first-order valence-corrected chi connectivity index (χ1v) is 9.47. The lowest BCUT2D eigenvalue weighted by Crippen LogP contribution is -2.17. The summed E-state index contributed by atoms with van der Waals surface area (Å²) >= 11 is 0. The second-order valence-electron chi connectivity index (χ2n) is 6.42. The molecule has 8 heteroatoms. The maximum atomic E-state index is 13.0. The van der Waals surface area contributed by atoms with Crippen LogP contribution in [-0.2, 0) is 0 Å². The van der Waals surface area contributed by atoms with E-state index in [0.717, 1.165) is 5.69 Å². The minimum atomic E-state index is -0.638. The fraction of sp³-hybridized carbons (Fsp3) is 0.130. The van der Waals surface area contributed by atoms with Crippen molar-refractivity contribution in [2.45, 2.75) is 13.8 Å². The summed E-state index contributed by atoms with van der Waals surface area (Å²) in [7, 11) is 0. The van der Waals surface area contributed by atoms with Crippen LogP contribution in [0.1, 0.15) is 38.9 Å². The average Bonchev–Trinajstić information content (AvgIpc) is 2.76. The monoisotopic (exact) mass is 421 g/mol. The zero-order valence-electron chi connectivity index (χ0n) is 17.0. The molecule has 7 nitrogen and oxygen atoms in total. The van der Waals surface area contributed by atoms with Crippen LogP contribution < -0.4 is 14.9 Å². The van der Waals surface area contributed by atoms with E-state index in [0.29, 0.717) is 23.5 Å². The van der Waals surface area contributed by atoms with Crippen molar-refractivity contribution in [2.24, 2.45) is 5.10 Å². The lowest BCUT2D eigenvalue weighted by atomic mass is 10.2. The molecular weight excluding hydrogens is 401 g/mol. The van der Waals surface area contributed by atoms with Crippen molar-refractivity contribution in [3.05, 3.63) is 89.0 Å². The third-order valence-corrected chi connectivity index (χ3v) is 4.10. The molecule has 0 bridgehead atoms. The predicted octanol–water partition coefficient (Wildman–Crippen LogP) is 3.91. The van der Waals surface area contributed by atoms with Crippen molar-refractivity contribution in [1.82, 2.24) is 10.4 Å². The van der Waals surface area contributed by atoms with Gasteiger partial charge in [-0.3, -0.25) is 9.78 Å². The van der Waals surface area contributed by atoms with Gasteiger partial charge in [0.25, 0.3) is 5.91 Å². The Morgan fingerprint density at radius 3 is 2.48 bits per heavy atom. The zero-order valence-corrected chi connectivity index (χ0v) is 17.0. The van der Waals surface area contributed by atoms with Gasteiger partial charge in [-0.2, -0.15) is 5.10 Å². The van der Waals surface area contributed by atoms with Crippen molar-refractivity contribution in [3.8, 4) is 11.5 Å². The summed E-state index contributed by atoms with van der Waals surface area (Å²) in [6.45, 7) is 3.97. The molecule has 0 atom stereocenters. The molecule has 0 spiro atoms. The molecular formula is C23H20FN3O4. The summed E-state index contributed by atoms with van der Waals surface area (Å²) in [5, 5.41) is 3.94. The number of carbonyl (C=O) groups excluding carboxylic acids is 2. The van der Waals surface area contributed by atoms with Crippen molar-refractivity contribution in [1.29, 1.82) is 0 Å². The van der Waals surface area contributed by atoms with Crippen LogP contribution >= 0.6 is 0 Å². The van der Waals surface area contributed by atoms with Crippen LogP contribution in [0.25, 0.3) is 0 Å². The number of carbonyl (C=O) groups is 2. The molecule has 3 aromatic rings. The van der Waals surface area contributed by atoms with Crippen LogP contribution in [0.3, 0.4) is 0 Å². The zero-order chi connectivity index (χ0) is 22.2. The summed E-state index contributed by atoms with van der Waals surface area (Å²) < 4.78 is 24.0. The summed E-state index contributed by atoms with van der Waals surface area (Å²) in [6.07, 6.45) is 2.91. The first kappa shape index (κ1) is 21.6. The highest BCUT2D eigenvalue weighted by Gasteiger charge is 2.13. The number of pyridine rings is 1. The van der Waals surface area contributed by atoms with E-state index < -0.39 is 17.7 Å². The molecule has 0 fully saturated rings. The number of aromatic nitrogens is 1. The lowest BCUT2D eigenvalue weighted by Gasteiger charge is -2.11. The number of esters is 1. The number of halogens is 1. The van der Waals surface area contributed by atoms with Gasteiger partial charge in [0, 0.05) is 11.9 Å². The fourth-order valence-corrected chi connectivity index (χ4v) is 2.53. The lowest BCUT2D eigenvalue weighted by molar-refractivity contribution is 0.0728. The molecule has 31 heavy (non-hydrogen) atoms. The van der Waals surface area contributed by atoms with Crippen molar-refractivity contribution in [2.75, 3.05) is 6.61 Å². The summed E-state index contributed by atoms with van der Waals surface area (Å²) in [4.78, 5) is 28.4. The number of nitrogens with zero attached hydrogens (tertiary/aromatic N) is 2. The summed E-state index contributed by atoms with van der Waals surface area (Å²) in [5.74, 6) is -0.931. The van der Waals surface area contributed by atoms with Gasteiger partial charge in [-0.25, -0.2) is 14.6 Å². The Morgan fingerprint density at radius 1 is 1.06 bits per heavy atom. The van der Waals surface area contributed by atoms with E-state index in [-0.39, 0.29) is 11.3 Å². The summed E-state index contributed by atoms with van der Waals surface area (Å²) in [6, 6.07) is 13.3. The maximum Gasteiger partial charge on any atom is 0.343 e. The quantitative estimate of drug-likeness (QED) is 0.270. The van der Waals surface area contributed by atoms with Gasteiger partial charge >= 0.3 is 5.97 Å². The van der Waals surface area contributed by atoms with Gasteiger partial charge in [0.2, 0.25) is 0 Å². The van der Waals surface area contributed by atoms with Gasteiger partial charge in [0.15, 0.2) is 11.5 Å². The molecule has 0 aliphatic carbocycles. The van der Waals surface area contributed by atoms with Crippen molar-refractivity contribution >= 4 is 18.1 Å². The van der Waals surface area contributed by atoms with E-state index in [1.54, 1.807) is 37.3 Å². The first-order valence-electron chi connectivity index (χ1n) is 9.47. The van der Waals surface area contributed by atoms with Crippen LogP contribution in [-0.4, -0.2) is 29.7 Å². The molecule has 1 amide bonds. The third kappa shape index (κ3) is 5.96. The number of ether oxygens (including phenoxy) is 2. The number of hydrazone groups is 1. The number of aryl methyl sites for hydroxylation is 1. The number of hydrogen-bond acceptors (Lipinski definition) is 6. The number of benzene rings is 2. The molecule has 1 aromatic heterocycles. The highest BCUT2D eigenvalue weighted by molar-refractivity contribution is 5.94. The molecule has 2 aromatic carbocycles. The molecule has 0 aliphatic rings. The summed E-state index contributed by atoms with van der Waals surface area (Å²) in [5.41, 5.74) is 4.45. The molecule has 0 saturated heterocycles. The molecule has 3 rings (SSSR count). The molecule has 0 saturated carbocycles. The van der Waals surface area contributed by atoms with Gasteiger partial charge in [0.05, 0.1) is 23.9 Å². The smallest absolute Gasteiger partial charge is 0.343 e. The normalized spacial score (nSPS) is 10.7. The topological polar surface area (TPSA) is 89.9 Å². The second kappa shape index (κ2) is 10.1. The Bertz CT molecular complexity index is 1100. The van der Waals surface area contributed by atoms with Gasteiger partial charge in [0.1, 0.15) is 5.82 Å². The molecule has 1 heterocycles. The van der Waals surface area contributed by atoms with Crippen LogP contribution in [0.15, 0.2) is 65.9 Å². The first-order chi connectivity index (χ1) is 15.0. The predicted molar refractivity (Wildman–Crippen MR) is 113 cm³/mol. The maximum absolute atomic E-state index is 13.0. The highest BCUT2D eigenvalue weighted by atomic mass is 19.1. The van der Waals surface area contributed by atoms with E-state index in [4.69, 9.17) is 9.47 Å². The second-order valence-corrected chi connectivity index (χ2v) is 6.42.